The normalized spacial score (nSPS) is 19.1. The predicted octanol–water partition coefficient (Wildman–Crippen LogP) is 0.387. The molecule has 1 saturated heterocycles. The first-order valence-electron chi connectivity index (χ1n) is 6.47. The summed E-state index contributed by atoms with van der Waals surface area (Å²) >= 11 is 0. The number of halogens is 1. The Morgan fingerprint density at radius 2 is 2.15 bits per heavy atom. The van der Waals surface area contributed by atoms with Gasteiger partial charge >= 0.3 is 0 Å². The molecule has 0 saturated carbocycles. The average Bonchev–Trinajstić information content (AvgIpc) is 2.39. The van der Waals surface area contributed by atoms with Crippen molar-refractivity contribution in [3.8, 4) is 0 Å². The van der Waals surface area contributed by atoms with Gasteiger partial charge in [-0.2, -0.15) is 0 Å². The molecule has 1 aromatic carbocycles. The smallest absolute Gasteiger partial charge is 0.247 e. The lowest BCUT2D eigenvalue weighted by atomic mass is 10.0. The van der Waals surface area contributed by atoms with E-state index in [1.54, 1.807) is 37.2 Å². The third kappa shape index (κ3) is 2.96. The molecule has 2 amide bonds. The SMILES string of the molecule is CN(C)CC(=O)N1CCNC(=O)[C@@H]1c1ccccc1F. The minimum absolute atomic E-state index is 0.182. The van der Waals surface area contributed by atoms with E-state index in [1.165, 1.54) is 11.0 Å². The van der Waals surface area contributed by atoms with Crippen molar-refractivity contribution in [3.05, 3.63) is 35.6 Å². The quantitative estimate of drug-likeness (QED) is 0.870. The summed E-state index contributed by atoms with van der Waals surface area (Å²) in [6.45, 7) is 0.971. The molecule has 5 nitrogen and oxygen atoms in total. The number of likely N-dealkylation sites (N-methyl/N-ethyl adjacent to an activating group) is 1. The average molecular weight is 279 g/mol. The minimum atomic E-state index is -0.891. The lowest BCUT2D eigenvalue weighted by molar-refractivity contribution is -0.144. The van der Waals surface area contributed by atoms with E-state index >= 15 is 0 Å². The predicted molar refractivity (Wildman–Crippen MR) is 72.4 cm³/mol. The molecular formula is C14H18FN3O2. The molecule has 1 aliphatic rings. The molecule has 108 valence electrons. The van der Waals surface area contributed by atoms with E-state index in [9.17, 15) is 14.0 Å². The van der Waals surface area contributed by atoms with E-state index in [2.05, 4.69) is 5.32 Å². The summed E-state index contributed by atoms with van der Waals surface area (Å²) in [5.74, 6) is -0.997. The van der Waals surface area contributed by atoms with Crippen LogP contribution < -0.4 is 5.32 Å². The summed E-state index contributed by atoms with van der Waals surface area (Å²) in [7, 11) is 3.56. The number of hydrogen-bond donors (Lipinski definition) is 1. The number of carbonyl (C=O) groups is 2. The molecule has 1 heterocycles. The van der Waals surface area contributed by atoms with Crippen molar-refractivity contribution >= 4 is 11.8 Å². The van der Waals surface area contributed by atoms with Crippen LogP contribution in [0, 0.1) is 5.82 Å². The fourth-order valence-electron chi connectivity index (χ4n) is 2.30. The Morgan fingerprint density at radius 1 is 1.45 bits per heavy atom. The molecule has 20 heavy (non-hydrogen) atoms. The number of nitrogens with zero attached hydrogens (tertiary/aromatic N) is 2. The molecule has 1 N–H and O–H groups in total. The van der Waals surface area contributed by atoms with Crippen LogP contribution in [-0.4, -0.2) is 55.3 Å². The van der Waals surface area contributed by atoms with Gasteiger partial charge in [0.25, 0.3) is 0 Å². The van der Waals surface area contributed by atoms with Crippen molar-refractivity contribution in [2.75, 3.05) is 33.7 Å². The van der Waals surface area contributed by atoms with Crippen LogP contribution in [0.3, 0.4) is 0 Å². The van der Waals surface area contributed by atoms with Crippen LogP contribution in [0.5, 0.6) is 0 Å². The van der Waals surface area contributed by atoms with Crippen molar-refractivity contribution in [3.63, 3.8) is 0 Å². The van der Waals surface area contributed by atoms with E-state index in [0.717, 1.165) is 0 Å². The number of nitrogens with one attached hydrogen (secondary N) is 1. The van der Waals surface area contributed by atoms with Crippen molar-refractivity contribution < 1.29 is 14.0 Å². The number of piperazine rings is 1. The fourth-order valence-corrected chi connectivity index (χ4v) is 2.30. The highest BCUT2D eigenvalue weighted by molar-refractivity contribution is 5.90. The molecule has 1 aliphatic heterocycles. The molecule has 0 bridgehead atoms. The number of hydrogen-bond acceptors (Lipinski definition) is 3. The second kappa shape index (κ2) is 6.00. The lowest BCUT2D eigenvalue weighted by Crippen LogP contribution is -2.54. The van der Waals surface area contributed by atoms with Gasteiger partial charge in [0.15, 0.2) is 0 Å². The van der Waals surface area contributed by atoms with Crippen LogP contribution in [-0.2, 0) is 9.59 Å². The zero-order valence-electron chi connectivity index (χ0n) is 11.6. The Bertz CT molecular complexity index is 519. The van der Waals surface area contributed by atoms with E-state index in [1.807, 2.05) is 0 Å². The highest BCUT2D eigenvalue weighted by Gasteiger charge is 2.35. The maximum absolute atomic E-state index is 13.9. The highest BCUT2D eigenvalue weighted by atomic mass is 19.1. The van der Waals surface area contributed by atoms with Gasteiger partial charge in [-0.3, -0.25) is 9.59 Å². The fraction of sp³-hybridized carbons (Fsp3) is 0.429. The first-order valence-corrected chi connectivity index (χ1v) is 6.47. The number of amides is 2. The van der Waals surface area contributed by atoms with Crippen LogP contribution >= 0.6 is 0 Å². The number of rotatable bonds is 3. The van der Waals surface area contributed by atoms with E-state index < -0.39 is 11.9 Å². The zero-order chi connectivity index (χ0) is 14.7. The zero-order valence-corrected chi connectivity index (χ0v) is 11.6. The number of carbonyl (C=O) groups excluding carboxylic acids is 2. The van der Waals surface area contributed by atoms with Crippen LogP contribution in [0.1, 0.15) is 11.6 Å². The van der Waals surface area contributed by atoms with Gasteiger partial charge in [-0.25, -0.2) is 4.39 Å². The highest BCUT2D eigenvalue weighted by Crippen LogP contribution is 2.25. The summed E-state index contributed by atoms with van der Waals surface area (Å²) in [5, 5.41) is 2.68. The first-order chi connectivity index (χ1) is 9.50. The topological polar surface area (TPSA) is 52.7 Å². The van der Waals surface area contributed by atoms with Crippen molar-refractivity contribution in [1.82, 2.24) is 15.1 Å². The van der Waals surface area contributed by atoms with Crippen LogP contribution in [0.15, 0.2) is 24.3 Å². The third-order valence-corrected chi connectivity index (χ3v) is 3.18. The molecule has 0 unspecified atom stereocenters. The second-order valence-electron chi connectivity index (χ2n) is 5.04. The van der Waals surface area contributed by atoms with Crippen LogP contribution in [0.2, 0.25) is 0 Å². The Morgan fingerprint density at radius 3 is 2.80 bits per heavy atom. The maximum Gasteiger partial charge on any atom is 0.247 e. The van der Waals surface area contributed by atoms with Gasteiger partial charge in [-0.05, 0) is 20.2 Å². The van der Waals surface area contributed by atoms with Gasteiger partial charge in [0, 0.05) is 18.7 Å². The summed E-state index contributed by atoms with van der Waals surface area (Å²) in [5.41, 5.74) is 0.233. The molecule has 0 radical (unpaired) electrons. The third-order valence-electron chi connectivity index (χ3n) is 3.18. The maximum atomic E-state index is 13.9. The molecule has 0 spiro atoms. The molecule has 6 heteroatoms. The van der Waals surface area contributed by atoms with Gasteiger partial charge in [0.1, 0.15) is 11.9 Å². The molecule has 1 atom stereocenters. The lowest BCUT2D eigenvalue weighted by Gasteiger charge is -2.36. The van der Waals surface area contributed by atoms with E-state index in [4.69, 9.17) is 0 Å². The summed E-state index contributed by atoms with van der Waals surface area (Å²) in [4.78, 5) is 27.5. The van der Waals surface area contributed by atoms with E-state index in [0.29, 0.717) is 13.1 Å². The second-order valence-corrected chi connectivity index (χ2v) is 5.04. The Balaban J connectivity index is 2.32. The Kier molecular flexibility index (Phi) is 4.34. The van der Waals surface area contributed by atoms with Crippen LogP contribution in [0.4, 0.5) is 4.39 Å². The molecule has 1 aromatic rings. The van der Waals surface area contributed by atoms with Gasteiger partial charge < -0.3 is 15.1 Å². The molecular weight excluding hydrogens is 261 g/mol. The van der Waals surface area contributed by atoms with Crippen molar-refractivity contribution in [2.45, 2.75) is 6.04 Å². The Labute approximate surface area is 117 Å². The molecule has 2 rings (SSSR count). The Hall–Kier alpha value is -1.95. The first kappa shape index (κ1) is 14.5. The summed E-state index contributed by atoms with van der Waals surface area (Å²) in [6, 6.07) is 5.17. The van der Waals surface area contributed by atoms with Gasteiger partial charge in [-0.15, -0.1) is 0 Å². The largest absolute Gasteiger partial charge is 0.352 e. The van der Waals surface area contributed by atoms with Gasteiger partial charge in [0.05, 0.1) is 6.54 Å². The van der Waals surface area contributed by atoms with Crippen molar-refractivity contribution in [2.24, 2.45) is 0 Å². The van der Waals surface area contributed by atoms with Gasteiger partial charge in [-0.1, -0.05) is 18.2 Å². The van der Waals surface area contributed by atoms with Crippen molar-refractivity contribution in [1.29, 1.82) is 0 Å². The summed E-state index contributed by atoms with van der Waals surface area (Å²) in [6.07, 6.45) is 0. The standard InChI is InChI=1S/C14H18FN3O2/c1-17(2)9-12(19)18-8-7-16-14(20)13(18)10-5-3-4-6-11(10)15/h3-6,13H,7-9H2,1-2H3,(H,16,20)/t13-/m0/s1. The van der Waals surface area contributed by atoms with Gasteiger partial charge in [0.2, 0.25) is 11.8 Å². The minimum Gasteiger partial charge on any atom is -0.352 e. The number of benzene rings is 1. The van der Waals surface area contributed by atoms with Crippen LogP contribution in [0.25, 0.3) is 0 Å². The molecule has 0 aliphatic carbocycles. The van der Waals surface area contributed by atoms with E-state index in [-0.39, 0.29) is 23.9 Å². The summed E-state index contributed by atoms with van der Waals surface area (Å²) < 4.78 is 13.9. The molecule has 1 fully saturated rings. The monoisotopic (exact) mass is 279 g/mol. The molecule has 0 aromatic heterocycles.